The van der Waals surface area contributed by atoms with E-state index in [-0.39, 0.29) is 6.54 Å². The predicted octanol–water partition coefficient (Wildman–Crippen LogP) is 1.43. The van der Waals surface area contributed by atoms with Crippen LogP contribution in [-0.2, 0) is 9.59 Å². The number of carboxylic acid groups (broad SMARTS) is 1. The standard InChI is InChI=1S/C15H19NO4/c1-2-15(14(19)20)8-9-16(10-15)13(18)12(17)11-6-4-3-5-7-11/h3-7,12,17H,2,8-10H2,1H3,(H,19,20). The highest BCUT2D eigenvalue weighted by molar-refractivity contribution is 5.84. The zero-order valence-corrected chi connectivity index (χ0v) is 11.5. The van der Waals surface area contributed by atoms with Gasteiger partial charge >= 0.3 is 5.97 Å². The Balaban J connectivity index is 2.10. The van der Waals surface area contributed by atoms with E-state index in [1.54, 1.807) is 24.3 Å². The first-order valence-corrected chi connectivity index (χ1v) is 6.75. The quantitative estimate of drug-likeness (QED) is 0.872. The fraction of sp³-hybridized carbons (Fsp3) is 0.467. The molecule has 1 heterocycles. The molecule has 2 atom stereocenters. The van der Waals surface area contributed by atoms with Gasteiger partial charge in [-0.1, -0.05) is 37.3 Å². The zero-order chi connectivity index (χ0) is 14.8. The van der Waals surface area contributed by atoms with E-state index in [9.17, 15) is 19.8 Å². The van der Waals surface area contributed by atoms with Crippen molar-refractivity contribution in [2.45, 2.75) is 25.9 Å². The molecule has 1 fully saturated rings. The van der Waals surface area contributed by atoms with Crippen molar-refractivity contribution in [3.63, 3.8) is 0 Å². The minimum atomic E-state index is -1.22. The second-order valence-electron chi connectivity index (χ2n) is 5.26. The summed E-state index contributed by atoms with van der Waals surface area (Å²) in [7, 11) is 0. The minimum absolute atomic E-state index is 0.168. The maximum Gasteiger partial charge on any atom is 0.311 e. The number of benzene rings is 1. The van der Waals surface area contributed by atoms with E-state index in [0.717, 1.165) is 0 Å². The molecule has 1 saturated heterocycles. The first-order chi connectivity index (χ1) is 9.50. The van der Waals surface area contributed by atoms with Gasteiger partial charge in [0, 0.05) is 13.1 Å². The van der Waals surface area contributed by atoms with Crippen molar-refractivity contribution in [3.05, 3.63) is 35.9 Å². The van der Waals surface area contributed by atoms with Gasteiger partial charge in [-0.25, -0.2) is 0 Å². The minimum Gasteiger partial charge on any atom is -0.481 e. The molecule has 0 bridgehead atoms. The molecule has 1 aromatic carbocycles. The normalized spacial score (nSPS) is 23.6. The molecule has 2 unspecified atom stereocenters. The van der Waals surface area contributed by atoms with Crippen LogP contribution in [0.4, 0.5) is 0 Å². The van der Waals surface area contributed by atoms with Crippen molar-refractivity contribution in [1.82, 2.24) is 4.90 Å². The Morgan fingerprint density at radius 1 is 1.35 bits per heavy atom. The molecular formula is C15H19NO4. The molecule has 5 heteroatoms. The molecule has 20 heavy (non-hydrogen) atoms. The summed E-state index contributed by atoms with van der Waals surface area (Å²) in [4.78, 5) is 25.1. The molecule has 2 N–H and O–H groups in total. The Bertz CT molecular complexity index is 502. The third-order valence-electron chi connectivity index (χ3n) is 4.15. The number of aliphatic carboxylic acids is 1. The Morgan fingerprint density at radius 2 is 2.00 bits per heavy atom. The van der Waals surface area contributed by atoms with Crippen LogP contribution in [0, 0.1) is 5.41 Å². The number of carbonyl (C=O) groups excluding carboxylic acids is 1. The van der Waals surface area contributed by atoms with Crippen LogP contribution in [0.1, 0.15) is 31.4 Å². The number of amides is 1. The average Bonchev–Trinajstić information content (AvgIpc) is 2.92. The summed E-state index contributed by atoms with van der Waals surface area (Å²) in [6.07, 6.45) is -0.308. The van der Waals surface area contributed by atoms with E-state index in [1.807, 2.05) is 13.0 Å². The second-order valence-corrected chi connectivity index (χ2v) is 5.26. The van der Waals surface area contributed by atoms with Gasteiger partial charge in [-0.3, -0.25) is 9.59 Å². The van der Waals surface area contributed by atoms with Crippen LogP contribution in [0.25, 0.3) is 0 Å². The van der Waals surface area contributed by atoms with Gasteiger partial charge in [0.2, 0.25) is 0 Å². The predicted molar refractivity (Wildman–Crippen MR) is 73.0 cm³/mol. The van der Waals surface area contributed by atoms with Crippen LogP contribution in [0.2, 0.25) is 0 Å². The molecular weight excluding hydrogens is 258 g/mol. The number of carboxylic acids is 1. The summed E-state index contributed by atoms with van der Waals surface area (Å²) in [5.74, 6) is -1.29. The van der Waals surface area contributed by atoms with Gasteiger partial charge in [0.25, 0.3) is 5.91 Å². The lowest BCUT2D eigenvalue weighted by molar-refractivity contribution is -0.149. The van der Waals surface area contributed by atoms with E-state index in [2.05, 4.69) is 0 Å². The van der Waals surface area contributed by atoms with Crippen molar-refractivity contribution < 1.29 is 19.8 Å². The van der Waals surface area contributed by atoms with Gasteiger partial charge in [-0.2, -0.15) is 0 Å². The lowest BCUT2D eigenvalue weighted by Gasteiger charge is -2.24. The number of carbonyl (C=O) groups is 2. The van der Waals surface area contributed by atoms with E-state index >= 15 is 0 Å². The number of likely N-dealkylation sites (tertiary alicyclic amines) is 1. The maximum absolute atomic E-state index is 12.3. The van der Waals surface area contributed by atoms with Crippen LogP contribution in [0.3, 0.4) is 0 Å². The topological polar surface area (TPSA) is 77.8 Å². The smallest absolute Gasteiger partial charge is 0.311 e. The number of hydrogen-bond acceptors (Lipinski definition) is 3. The van der Waals surface area contributed by atoms with Gasteiger partial charge in [0.1, 0.15) is 0 Å². The number of hydrogen-bond donors (Lipinski definition) is 2. The Kier molecular flexibility index (Phi) is 4.09. The second kappa shape index (κ2) is 5.63. The highest BCUT2D eigenvalue weighted by Crippen LogP contribution is 2.35. The largest absolute Gasteiger partial charge is 0.481 e. The van der Waals surface area contributed by atoms with E-state index in [0.29, 0.717) is 24.9 Å². The molecule has 0 aromatic heterocycles. The molecule has 1 aliphatic rings. The van der Waals surface area contributed by atoms with Crippen molar-refractivity contribution in [3.8, 4) is 0 Å². The molecule has 0 aliphatic carbocycles. The van der Waals surface area contributed by atoms with Crippen LogP contribution >= 0.6 is 0 Å². The molecule has 0 radical (unpaired) electrons. The summed E-state index contributed by atoms with van der Waals surface area (Å²) >= 11 is 0. The summed E-state index contributed by atoms with van der Waals surface area (Å²) in [6.45, 7) is 2.36. The summed E-state index contributed by atoms with van der Waals surface area (Å²) < 4.78 is 0. The fourth-order valence-electron chi connectivity index (χ4n) is 2.63. The molecule has 2 rings (SSSR count). The van der Waals surface area contributed by atoms with E-state index < -0.39 is 23.4 Å². The summed E-state index contributed by atoms with van der Waals surface area (Å²) in [6, 6.07) is 8.68. The molecule has 0 spiro atoms. The number of aliphatic hydroxyl groups excluding tert-OH is 1. The first kappa shape index (κ1) is 14.5. The van der Waals surface area contributed by atoms with Crippen molar-refractivity contribution >= 4 is 11.9 Å². The van der Waals surface area contributed by atoms with Crippen LogP contribution in [0.15, 0.2) is 30.3 Å². The van der Waals surface area contributed by atoms with Gasteiger partial charge < -0.3 is 15.1 Å². The van der Waals surface area contributed by atoms with Crippen LogP contribution < -0.4 is 0 Å². The van der Waals surface area contributed by atoms with Crippen LogP contribution in [-0.4, -0.2) is 40.1 Å². The molecule has 1 amide bonds. The molecule has 108 valence electrons. The van der Waals surface area contributed by atoms with E-state index in [1.165, 1.54) is 4.90 Å². The highest BCUT2D eigenvalue weighted by Gasteiger charge is 2.45. The number of aliphatic hydroxyl groups is 1. The average molecular weight is 277 g/mol. The summed E-state index contributed by atoms with van der Waals surface area (Å²) in [5, 5.41) is 19.4. The fourth-order valence-corrected chi connectivity index (χ4v) is 2.63. The SMILES string of the molecule is CCC1(C(=O)O)CCN(C(=O)C(O)c2ccccc2)C1. The monoisotopic (exact) mass is 277 g/mol. The van der Waals surface area contributed by atoms with E-state index in [4.69, 9.17) is 0 Å². The highest BCUT2D eigenvalue weighted by atomic mass is 16.4. The van der Waals surface area contributed by atoms with Gasteiger partial charge in [0.05, 0.1) is 5.41 Å². The lowest BCUT2D eigenvalue weighted by atomic mass is 9.84. The zero-order valence-electron chi connectivity index (χ0n) is 11.5. The van der Waals surface area contributed by atoms with Crippen molar-refractivity contribution in [1.29, 1.82) is 0 Å². The Labute approximate surface area is 117 Å². The molecule has 1 aromatic rings. The van der Waals surface area contributed by atoms with Crippen LogP contribution in [0.5, 0.6) is 0 Å². The number of nitrogens with zero attached hydrogens (tertiary/aromatic N) is 1. The Morgan fingerprint density at radius 3 is 2.50 bits per heavy atom. The third-order valence-corrected chi connectivity index (χ3v) is 4.15. The van der Waals surface area contributed by atoms with Gasteiger partial charge in [-0.05, 0) is 18.4 Å². The molecule has 1 aliphatic heterocycles. The first-order valence-electron chi connectivity index (χ1n) is 6.75. The van der Waals surface area contributed by atoms with Crippen molar-refractivity contribution in [2.24, 2.45) is 5.41 Å². The van der Waals surface area contributed by atoms with Crippen molar-refractivity contribution in [2.75, 3.05) is 13.1 Å². The van der Waals surface area contributed by atoms with Gasteiger partial charge in [-0.15, -0.1) is 0 Å². The third kappa shape index (κ3) is 2.54. The number of rotatable bonds is 4. The molecule has 5 nitrogen and oxygen atoms in total. The lowest BCUT2D eigenvalue weighted by Crippen LogP contribution is -2.38. The maximum atomic E-state index is 12.3. The molecule has 0 saturated carbocycles. The van der Waals surface area contributed by atoms with Gasteiger partial charge in [0.15, 0.2) is 6.10 Å². The summed E-state index contributed by atoms with van der Waals surface area (Å²) in [5.41, 5.74) is -0.340. The Hall–Kier alpha value is -1.88.